The zero-order valence-electron chi connectivity index (χ0n) is 11.4. The fraction of sp³-hybridized carbons (Fsp3) is 0.529. The average Bonchev–Trinajstić information content (AvgIpc) is 2.63. The standard InChI is InChI=1S/C14H16.C3H8/c1-10-5-6-11-3-2-4-12-7-8-13(9-10)14(11)12;1-3-2/h3,5-6,9-10H,2,4,7-8H2,1H3;3H2,1-2H3. The van der Waals surface area contributed by atoms with Crippen molar-refractivity contribution in [2.45, 2.75) is 52.9 Å². The van der Waals surface area contributed by atoms with Gasteiger partial charge in [-0.25, -0.2) is 0 Å². The molecule has 3 rings (SSSR count). The van der Waals surface area contributed by atoms with Crippen LogP contribution >= 0.6 is 0 Å². The summed E-state index contributed by atoms with van der Waals surface area (Å²) in [5.74, 6) is 0.614. The predicted octanol–water partition coefficient (Wildman–Crippen LogP) is 5.35. The topological polar surface area (TPSA) is 0 Å². The summed E-state index contributed by atoms with van der Waals surface area (Å²) in [4.78, 5) is 0. The molecule has 3 aliphatic carbocycles. The highest BCUT2D eigenvalue weighted by molar-refractivity contribution is 5.60. The summed E-state index contributed by atoms with van der Waals surface area (Å²) in [5.41, 5.74) is 6.44. The van der Waals surface area contributed by atoms with Gasteiger partial charge in [-0.15, -0.1) is 0 Å². The molecule has 0 N–H and O–H groups in total. The van der Waals surface area contributed by atoms with Crippen molar-refractivity contribution in [1.82, 2.24) is 0 Å². The van der Waals surface area contributed by atoms with Crippen LogP contribution < -0.4 is 0 Å². The number of allylic oxidation sites excluding steroid dienone is 8. The Morgan fingerprint density at radius 3 is 2.71 bits per heavy atom. The Kier molecular flexibility index (Phi) is 4.04. The molecule has 0 fully saturated rings. The lowest BCUT2D eigenvalue weighted by Crippen LogP contribution is -1.95. The molecule has 0 radical (unpaired) electrons. The molecule has 0 aromatic heterocycles. The predicted molar refractivity (Wildman–Crippen MR) is 75.9 cm³/mol. The van der Waals surface area contributed by atoms with Crippen molar-refractivity contribution in [3.63, 3.8) is 0 Å². The van der Waals surface area contributed by atoms with Gasteiger partial charge < -0.3 is 0 Å². The Bertz CT molecular complexity index is 402. The molecule has 17 heavy (non-hydrogen) atoms. The molecular weight excluding hydrogens is 204 g/mol. The minimum Gasteiger partial charge on any atom is -0.0773 e. The molecule has 0 heterocycles. The molecule has 0 saturated carbocycles. The summed E-state index contributed by atoms with van der Waals surface area (Å²) in [5, 5.41) is 0. The van der Waals surface area contributed by atoms with Crippen LogP contribution in [0.5, 0.6) is 0 Å². The third-order valence-electron chi connectivity index (χ3n) is 3.51. The number of hydrogen-bond acceptors (Lipinski definition) is 0. The third-order valence-corrected chi connectivity index (χ3v) is 3.51. The molecule has 0 aliphatic heterocycles. The van der Waals surface area contributed by atoms with Gasteiger partial charge in [0.25, 0.3) is 0 Å². The molecule has 1 atom stereocenters. The van der Waals surface area contributed by atoms with E-state index in [1.165, 1.54) is 37.7 Å². The van der Waals surface area contributed by atoms with E-state index in [1.807, 2.05) is 0 Å². The van der Waals surface area contributed by atoms with Gasteiger partial charge in [0, 0.05) is 0 Å². The molecular formula is C17H24. The first-order valence-corrected chi connectivity index (χ1v) is 7.08. The van der Waals surface area contributed by atoms with Crippen LogP contribution in [0.15, 0.2) is 46.6 Å². The van der Waals surface area contributed by atoms with Crippen molar-refractivity contribution >= 4 is 0 Å². The average molecular weight is 228 g/mol. The first-order chi connectivity index (χ1) is 8.26. The Balaban J connectivity index is 0.000000329. The van der Waals surface area contributed by atoms with Gasteiger partial charge in [-0.05, 0) is 48.3 Å². The molecule has 0 heteroatoms. The highest BCUT2D eigenvalue weighted by atomic mass is 14.3. The Morgan fingerprint density at radius 1 is 1.18 bits per heavy atom. The van der Waals surface area contributed by atoms with E-state index in [1.54, 1.807) is 16.7 Å². The van der Waals surface area contributed by atoms with Gasteiger partial charge in [-0.1, -0.05) is 57.1 Å². The largest absolute Gasteiger partial charge is 0.0773 e. The van der Waals surface area contributed by atoms with Crippen LogP contribution in [-0.2, 0) is 0 Å². The Morgan fingerprint density at radius 2 is 1.94 bits per heavy atom. The van der Waals surface area contributed by atoms with Crippen molar-refractivity contribution in [2.75, 3.05) is 0 Å². The fourth-order valence-electron chi connectivity index (χ4n) is 2.85. The quantitative estimate of drug-likeness (QED) is 0.524. The minimum absolute atomic E-state index is 0.614. The van der Waals surface area contributed by atoms with E-state index >= 15 is 0 Å². The monoisotopic (exact) mass is 228 g/mol. The molecule has 0 bridgehead atoms. The second-order valence-corrected chi connectivity index (χ2v) is 5.29. The summed E-state index contributed by atoms with van der Waals surface area (Å²) in [6.45, 7) is 6.53. The SMILES string of the molecule is CC1C=CC2=CCCC3=C2C(=C1)CC3.CCC. The van der Waals surface area contributed by atoms with E-state index in [0.717, 1.165) is 0 Å². The molecule has 0 aromatic carbocycles. The van der Waals surface area contributed by atoms with Gasteiger partial charge in [-0.3, -0.25) is 0 Å². The molecule has 0 amide bonds. The van der Waals surface area contributed by atoms with Crippen LogP contribution in [0.25, 0.3) is 0 Å². The Labute approximate surface area is 106 Å². The lowest BCUT2D eigenvalue weighted by molar-refractivity contribution is 0.869. The van der Waals surface area contributed by atoms with E-state index in [-0.39, 0.29) is 0 Å². The van der Waals surface area contributed by atoms with Crippen molar-refractivity contribution < 1.29 is 0 Å². The van der Waals surface area contributed by atoms with Gasteiger partial charge in [0.15, 0.2) is 0 Å². The van der Waals surface area contributed by atoms with Gasteiger partial charge in [-0.2, -0.15) is 0 Å². The highest BCUT2D eigenvalue weighted by Crippen LogP contribution is 2.43. The van der Waals surface area contributed by atoms with Crippen molar-refractivity contribution in [1.29, 1.82) is 0 Å². The van der Waals surface area contributed by atoms with Gasteiger partial charge >= 0.3 is 0 Å². The molecule has 0 spiro atoms. The van der Waals surface area contributed by atoms with E-state index < -0.39 is 0 Å². The first-order valence-electron chi connectivity index (χ1n) is 7.08. The third kappa shape index (κ3) is 2.62. The summed E-state index contributed by atoms with van der Waals surface area (Å²) in [7, 11) is 0. The van der Waals surface area contributed by atoms with Crippen LogP contribution in [0.2, 0.25) is 0 Å². The zero-order chi connectivity index (χ0) is 12.3. The van der Waals surface area contributed by atoms with Crippen LogP contribution in [0.3, 0.4) is 0 Å². The summed E-state index contributed by atoms with van der Waals surface area (Å²) >= 11 is 0. The van der Waals surface area contributed by atoms with Gasteiger partial charge in [0.05, 0.1) is 0 Å². The lowest BCUT2D eigenvalue weighted by atomic mass is 9.91. The highest BCUT2D eigenvalue weighted by Gasteiger charge is 2.25. The molecule has 0 saturated heterocycles. The lowest BCUT2D eigenvalue weighted by Gasteiger charge is -2.13. The van der Waals surface area contributed by atoms with Crippen LogP contribution in [0.4, 0.5) is 0 Å². The summed E-state index contributed by atoms with van der Waals surface area (Å²) in [6.07, 6.45) is 15.9. The smallest absolute Gasteiger partial charge is 0.00725 e. The molecule has 0 nitrogen and oxygen atoms in total. The van der Waals surface area contributed by atoms with Crippen molar-refractivity contribution in [2.24, 2.45) is 5.92 Å². The van der Waals surface area contributed by atoms with Gasteiger partial charge in [0.2, 0.25) is 0 Å². The second kappa shape index (κ2) is 5.53. The van der Waals surface area contributed by atoms with E-state index in [4.69, 9.17) is 0 Å². The molecule has 0 aromatic rings. The number of hydrogen-bond donors (Lipinski definition) is 0. The van der Waals surface area contributed by atoms with E-state index in [9.17, 15) is 0 Å². The summed E-state index contributed by atoms with van der Waals surface area (Å²) in [6, 6.07) is 0. The van der Waals surface area contributed by atoms with Crippen molar-refractivity contribution in [3.05, 3.63) is 46.6 Å². The van der Waals surface area contributed by atoms with E-state index in [2.05, 4.69) is 45.1 Å². The van der Waals surface area contributed by atoms with Crippen LogP contribution in [0.1, 0.15) is 52.9 Å². The Hall–Kier alpha value is -1.04. The van der Waals surface area contributed by atoms with Gasteiger partial charge in [0.1, 0.15) is 0 Å². The number of rotatable bonds is 0. The van der Waals surface area contributed by atoms with Crippen LogP contribution in [-0.4, -0.2) is 0 Å². The maximum Gasteiger partial charge on any atom is -0.00725 e. The first kappa shape index (κ1) is 12.4. The summed E-state index contributed by atoms with van der Waals surface area (Å²) < 4.78 is 0. The zero-order valence-corrected chi connectivity index (χ0v) is 11.4. The normalized spacial score (nSPS) is 25.5. The molecule has 92 valence electrons. The fourth-order valence-corrected chi connectivity index (χ4v) is 2.85. The molecule has 3 aliphatic rings. The van der Waals surface area contributed by atoms with Crippen LogP contribution in [0, 0.1) is 5.92 Å². The maximum absolute atomic E-state index is 2.45. The van der Waals surface area contributed by atoms with Crippen molar-refractivity contribution in [3.8, 4) is 0 Å². The van der Waals surface area contributed by atoms with E-state index in [0.29, 0.717) is 5.92 Å². The maximum atomic E-state index is 2.45. The second-order valence-electron chi connectivity index (χ2n) is 5.29. The minimum atomic E-state index is 0.614. The molecule has 1 unspecified atom stereocenters.